The molecule has 0 aromatic rings. The van der Waals surface area contributed by atoms with Crippen molar-refractivity contribution in [3.8, 4) is 0 Å². The molecule has 0 amide bonds. The van der Waals surface area contributed by atoms with Gasteiger partial charge < -0.3 is 14.7 Å². The third kappa shape index (κ3) is 5.06. The molecule has 2 aliphatic rings. The summed E-state index contributed by atoms with van der Waals surface area (Å²) < 4.78 is 5.79. The average molecular weight is 271 g/mol. The average Bonchev–Trinajstić information content (AvgIpc) is 2.54. The highest BCUT2D eigenvalue weighted by atomic mass is 16.5. The van der Waals surface area contributed by atoms with Crippen molar-refractivity contribution in [1.82, 2.24) is 14.7 Å². The van der Waals surface area contributed by atoms with Gasteiger partial charge in [0.25, 0.3) is 0 Å². The van der Waals surface area contributed by atoms with Gasteiger partial charge in [-0.1, -0.05) is 0 Å². The summed E-state index contributed by atoms with van der Waals surface area (Å²) in [6.07, 6.45) is 1.33. The minimum Gasteiger partial charge on any atom is -0.480 e. The largest absolute Gasteiger partial charge is 0.480 e. The van der Waals surface area contributed by atoms with E-state index in [-0.39, 0.29) is 6.54 Å². The van der Waals surface area contributed by atoms with E-state index in [1.165, 1.54) is 0 Å². The molecule has 2 saturated heterocycles. The highest BCUT2D eigenvalue weighted by molar-refractivity contribution is 5.69. The van der Waals surface area contributed by atoms with Gasteiger partial charge >= 0.3 is 5.97 Å². The summed E-state index contributed by atoms with van der Waals surface area (Å²) in [4.78, 5) is 17.5. The van der Waals surface area contributed by atoms with Crippen LogP contribution in [-0.4, -0.2) is 97.9 Å². The molecule has 0 radical (unpaired) electrons. The maximum Gasteiger partial charge on any atom is 0.317 e. The molecule has 0 aliphatic carbocycles. The van der Waals surface area contributed by atoms with Gasteiger partial charge in [0.2, 0.25) is 0 Å². The molecule has 19 heavy (non-hydrogen) atoms. The van der Waals surface area contributed by atoms with Crippen LogP contribution in [0.25, 0.3) is 0 Å². The Balaban J connectivity index is 1.74. The molecule has 1 unspecified atom stereocenters. The van der Waals surface area contributed by atoms with E-state index in [4.69, 9.17) is 9.84 Å². The molecule has 110 valence electrons. The molecule has 2 rings (SSSR count). The van der Waals surface area contributed by atoms with E-state index in [9.17, 15) is 4.79 Å². The highest BCUT2D eigenvalue weighted by Crippen LogP contribution is 2.08. The lowest BCUT2D eigenvalue weighted by atomic mass is 10.2. The molecular formula is C13H25N3O3. The van der Waals surface area contributed by atoms with Crippen LogP contribution in [0.5, 0.6) is 0 Å². The molecule has 2 heterocycles. The van der Waals surface area contributed by atoms with Gasteiger partial charge in [0.15, 0.2) is 0 Å². The number of carboxylic acids is 1. The standard InChI is InChI=1S/C13H25N3O3/c1-14-7-8-19-12(9-14)10-15-3-2-4-16(6-5-15)11-13(17)18/h12H,2-11H2,1H3,(H,17,18). The van der Waals surface area contributed by atoms with Crippen molar-refractivity contribution in [3.05, 3.63) is 0 Å². The molecular weight excluding hydrogens is 246 g/mol. The van der Waals surface area contributed by atoms with Crippen LogP contribution < -0.4 is 0 Å². The number of hydrogen-bond donors (Lipinski definition) is 1. The van der Waals surface area contributed by atoms with Crippen LogP contribution in [0.4, 0.5) is 0 Å². The van der Waals surface area contributed by atoms with Crippen molar-refractivity contribution in [2.24, 2.45) is 0 Å². The minimum absolute atomic E-state index is 0.163. The van der Waals surface area contributed by atoms with E-state index < -0.39 is 5.97 Å². The Hall–Kier alpha value is -0.690. The molecule has 6 heteroatoms. The zero-order valence-corrected chi connectivity index (χ0v) is 11.8. The number of nitrogens with zero attached hydrogens (tertiary/aromatic N) is 3. The van der Waals surface area contributed by atoms with Crippen molar-refractivity contribution in [2.45, 2.75) is 12.5 Å². The van der Waals surface area contributed by atoms with Crippen LogP contribution in [0.1, 0.15) is 6.42 Å². The maximum atomic E-state index is 10.7. The fourth-order valence-electron chi connectivity index (χ4n) is 2.82. The lowest BCUT2D eigenvalue weighted by Gasteiger charge is -2.33. The zero-order chi connectivity index (χ0) is 13.7. The van der Waals surface area contributed by atoms with Crippen LogP contribution >= 0.6 is 0 Å². The van der Waals surface area contributed by atoms with Gasteiger partial charge in [-0.25, -0.2) is 0 Å². The fourth-order valence-corrected chi connectivity index (χ4v) is 2.82. The Morgan fingerprint density at radius 3 is 2.68 bits per heavy atom. The first kappa shape index (κ1) is 14.7. The molecule has 1 N–H and O–H groups in total. The van der Waals surface area contributed by atoms with Crippen molar-refractivity contribution >= 4 is 5.97 Å². The van der Waals surface area contributed by atoms with Crippen LogP contribution in [0.3, 0.4) is 0 Å². The normalized spacial score (nSPS) is 28.2. The summed E-state index contributed by atoms with van der Waals surface area (Å²) in [5.41, 5.74) is 0. The third-order valence-corrected chi connectivity index (χ3v) is 3.84. The molecule has 0 bridgehead atoms. The Morgan fingerprint density at radius 1 is 1.21 bits per heavy atom. The lowest BCUT2D eigenvalue weighted by molar-refractivity contribution is -0.138. The van der Waals surface area contributed by atoms with Crippen LogP contribution in [0.2, 0.25) is 0 Å². The highest BCUT2D eigenvalue weighted by Gasteiger charge is 2.22. The number of ether oxygens (including phenoxy) is 1. The second kappa shape index (κ2) is 7.19. The van der Waals surface area contributed by atoms with Gasteiger partial charge in [-0.05, 0) is 20.0 Å². The zero-order valence-electron chi connectivity index (χ0n) is 11.8. The Bertz CT molecular complexity index is 301. The predicted octanol–water partition coefficient (Wildman–Crippen LogP) is -0.591. The molecule has 2 aliphatic heterocycles. The number of carbonyl (C=O) groups is 1. The van der Waals surface area contributed by atoms with Crippen LogP contribution in [-0.2, 0) is 9.53 Å². The summed E-state index contributed by atoms with van der Waals surface area (Å²) in [7, 11) is 2.13. The van der Waals surface area contributed by atoms with E-state index >= 15 is 0 Å². The molecule has 6 nitrogen and oxygen atoms in total. The van der Waals surface area contributed by atoms with Gasteiger partial charge in [0.05, 0.1) is 19.3 Å². The van der Waals surface area contributed by atoms with E-state index in [2.05, 4.69) is 16.8 Å². The number of aliphatic carboxylic acids is 1. The molecule has 0 spiro atoms. The molecule has 0 aromatic carbocycles. The predicted molar refractivity (Wildman–Crippen MR) is 72.4 cm³/mol. The van der Waals surface area contributed by atoms with E-state index in [1.807, 2.05) is 4.90 Å². The lowest BCUT2D eigenvalue weighted by Crippen LogP contribution is -2.46. The molecule has 2 fully saturated rings. The first-order chi connectivity index (χ1) is 9.13. The van der Waals surface area contributed by atoms with Crippen LogP contribution in [0, 0.1) is 0 Å². The fraction of sp³-hybridized carbons (Fsp3) is 0.923. The van der Waals surface area contributed by atoms with Crippen molar-refractivity contribution in [3.63, 3.8) is 0 Å². The van der Waals surface area contributed by atoms with E-state index in [0.717, 1.165) is 58.8 Å². The summed E-state index contributed by atoms with van der Waals surface area (Å²) in [5.74, 6) is -0.731. The SMILES string of the molecule is CN1CCOC(CN2CCCN(CC(=O)O)CC2)C1. The molecule has 0 aromatic heterocycles. The number of rotatable bonds is 4. The second-order valence-electron chi connectivity index (χ2n) is 5.58. The molecule has 1 atom stereocenters. The summed E-state index contributed by atoms with van der Waals surface area (Å²) >= 11 is 0. The van der Waals surface area contributed by atoms with Gasteiger partial charge in [-0.3, -0.25) is 14.6 Å². The molecule has 0 saturated carbocycles. The Morgan fingerprint density at radius 2 is 1.95 bits per heavy atom. The van der Waals surface area contributed by atoms with Gasteiger partial charge in [0, 0.05) is 39.3 Å². The summed E-state index contributed by atoms with van der Waals surface area (Å²) in [5, 5.41) is 8.83. The van der Waals surface area contributed by atoms with Gasteiger partial charge in [-0.2, -0.15) is 0 Å². The first-order valence-corrected chi connectivity index (χ1v) is 7.10. The third-order valence-electron chi connectivity index (χ3n) is 3.84. The number of morpholine rings is 1. The van der Waals surface area contributed by atoms with Crippen LogP contribution in [0.15, 0.2) is 0 Å². The number of carboxylic acid groups (broad SMARTS) is 1. The quantitative estimate of drug-likeness (QED) is 0.737. The monoisotopic (exact) mass is 271 g/mol. The first-order valence-electron chi connectivity index (χ1n) is 7.10. The van der Waals surface area contributed by atoms with E-state index in [1.54, 1.807) is 0 Å². The second-order valence-corrected chi connectivity index (χ2v) is 5.58. The van der Waals surface area contributed by atoms with Crippen molar-refractivity contribution in [2.75, 3.05) is 66.0 Å². The number of likely N-dealkylation sites (N-methyl/N-ethyl adjacent to an activating group) is 1. The Labute approximate surface area is 114 Å². The topological polar surface area (TPSA) is 56.2 Å². The van der Waals surface area contributed by atoms with E-state index in [0.29, 0.717) is 6.10 Å². The minimum atomic E-state index is -0.731. The van der Waals surface area contributed by atoms with Gasteiger partial charge in [-0.15, -0.1) is 0 Å². The summed E-state index contributed by atoms with van der Waals surface area (Å²) in [6.45, 7) is 7.67. The van der Waals surface area contributed by atoms with Crippen molar-refractivity contribution < 1.29 is 14.6 Å². The van der Waals surface area contributed by atoms with Crippen molar-refractivity contribution in [1.29, 1.82) is 0 Å². The Kier molecular flexibility index (Phi) is 5.57. The summed E-state index contributed by atoms with van der Waals surface area (Å²) in [6, 6.07) is 0. The van der Waals surface area contributed by atoms with Gasteiger partial charge in [0.1, 0.15) is 0 Å². The smallest absolute Gasteiger partial charge is 0.317 e. The maximum absolute atomic E-state index is 10.7. The number of hydrogen-bond acceptors (Lipinski definition) is 5.